The monoisotopic (exact) mass is 392 g/mol. The maximum absolute atomic E-state index is 5.02. The van der Waals surface area contributed by atoms with Crippen molar-refractivity contribution in [2.75, 3.05) is 0 Å². The predicted molar refractivity (Wildman–Crippen MR) is 109 cm³/mol. The lowest BCUT2D eigenvalue weighted by Crippen LogP contribution is -2.17. The van der Waals surface area contributed by atoms with Gasteiger partial charge in [-0.15, -0.1) is 0 Å². The van der Waals surface area contributed by atoms with Crippen LogP contribution in [0.15, 0.2) is 47.1 Å². The maximum atomic E-state index is 5.02. The van der Waals surface area contributed by atoms with Gasteiger partial charge in [-0.1, -0.05) is 55.8 Å². The molecule has 0 radical (unpaired) electrons. The van der Waals surface area contributed by atoms with E-state index in [1.54, 1.807) is 0 Å². The smallest absolute Gasteiger partial charge is 0.145 e. The minimum Gasteiger partial charge on any atom is -0.299 e. The van der Waals surface area contributed by atoms with Gasteiger partial charge in [0.2, 0.25) is 0 Å². The van der Waals surface area contributed by atoms with Crippen molar-refractivity contribution >= 4 is 43.4 Å². The van der Waals surface area contributed by atoms with Crippen molar-refractivity contribution in [1.82, 2.24) is 9.38 Å². The quantitative estimate of drug-likeness (QED) is 0.340. The highest BCUT2D eigenvalue weighted by atomic mass is 79.9. The molecular formula is C22H21BrN2. The fourth-order valence-corrected chi connectivity index (χ4v) is 5.45. The fraction of sp³-hybridized carbons (Fsp3) is 0.318. The standard InChI is InChI=1S/C22H21BrN2/c1-21(2)12-22(3,4)16-11-19-18(10-15(16)21)24-20-14-6-5-7-17(23)13(14)8-9-25(19)20/h5-11H,12H2,1-4H3. The molecule has 4 aromatic rings. The van der Waals surface area contributed by atoms with Crippen LogP contribution in [-0.2, 0) is 10.8 Å². The van der Waals surface area contributed by atoms with E-state index in [9.17, 15) is 0 Å². The number of fused-ring (bicyclic) bond motifs is 6. The zero-order valence-electron chi connectivity index (χ0n) is 15.0. The average molecular weight is 393 g/mol. The first-order valence-electron chi connectivity index (χ1n) is 8.82. The van der Waals surface area contributed by atoms with Crippen molar-refractivity contribution in [3.05, 3.63) is 58.2 Å². The summed E-state index contributed by atoms with van der Waals surface area (Å²) in [6, 6.07) is 13.2. The van der Waals surface area contributed by atoms with Gasteiger partial charge in [-0.05, 0) is 52.6 Å². The molecule has 0 fully saturated rings. The number of rotatable bonds is 0. The molecule has 2 nitrogen and oxygen atoms in total. The van der Waals surface area contributed by atoms with Crippen LogP contribution in [0.5, 0.6) is 0 Å². The summed E-state index contributed by atoms with van der Waals surface area (Å²) >= 11 is 3.66. The molecule has 2 aromatic carbocycles. The number of hydrogen-bond acceptors (Lipinski definition) is 1. The topological polar surface area (TPSA) is 17.3 Å². The van der Waals surface area contributed by atoms with E-state index >= 15 is 0 Å². The van der Waals surface area contributed by atoms with Crippen molar-refractivity contribution in [1.29, 1.82) is 0 Å². The van der Waals surface area contributed by atoms with Crippen LogP contribution in [0.4, 0.5) is 0 Å². The lowest BCUT2D eigenvalue weighted by molar-refractivity contribution is 0.403. The molecule has 0 spiro atoms. The van der Waals surface area contributed by atoms with Gasteiger partial charge in [0, 0.05) is 21.4 Å². The van der Waals surface area contributed by atoms with Crippen molar-refractivity contribution < 1.29 is 0 Å². The zero-order chi connectivity index (χ0) is 17.6. The Morgan fingerprint density at radius 3 is 2.44 bits per heavy atom. The molecule has 126 valence electrons. The van der Waals surface area contributed by atoms with Gasteiger partial charge >= 0.3 is 0 Å². The first-order chi connectivity index (χ1) is 11.8. The van der Waals surface area contributed by atoms with E-state index in [1.807, 2.05) is 0 Å². The van der Waals surface area contributed by atoms with Gasteiger partial charge in [0.25, 0.3) is 0 Å². The van der Waals surface area contributed by atoms with Crippen molar-refractivity contribution in [3.8, 4) is 0 Å². The number of aromatic nitrogens is 2. The average Bonchev–Trinajstić information content (AvgIpc) is 2.99. The molecule has 0 saturated carbocycles. The molecule has 1 aliphatic rings. The van der Waals surface area contributed by atoms with E-state index in [0.29, 0.717) is 0 Å². The SMILES string of the molecule is CC1(C)CC(C)(C)c2cc3c(cc21)nc1c2cccc(Br)c2ccn31. The second-order valence-electron chi connectivity index (χ2n) is 8.65. The largest absolute Gasteiger partial charge is 0.299 e. The molecule has 0 N–H and O–H groups in total. The van der Waals surface area contributed by atoms with Gasteiger partial charge in [-0.25, -0.2) is 4.98 Å². The van der Waals surface area contributed by atoms with Gasteiger partial charge in [0.1, 0.15) is 5.65 Å². The highest BCUT2D eigenvalue weighted by Crippen LogP contribution is 2.50. The zero-order valence-corrected chi connectivity index (χ0v) is 16.6. The van der Waals surface area contributed by atoms with Crippen LogP contribution in [0.3, 0.4) is 0 Å². The molecule has 3 heteroatoms. The molecule has 0 saturated heterocycles. The molecule has 0 unspecified atom stereocenters. The first kappa shape index (κ1) is 15.4. The highest BCUT2D eigenvalue weighted by molar-refractivity contribution is 9.10. The Kier molecular flexibility index (Phi) is 2.86. The van der Waals surface area contributed by atoms with E-state index in [0.717, 1.165) is 15.6 Å². The molecule has 0 atom stereocenters. The van der Waals surface area contributed by atoms with Crippen LogP contribution in [0.1, 0.15) is 45.2 Å². The number of pyridine rings is 1. The van der Waals surface area contributed by atoms with E-state index < -0.39 is 0 Å². The Labute approximate surface area is 156 Å². The van der Waals surface area contributed by atoms with E-state index in [1.165, 1.54) is 33.8 Å². The summed E-state index contributed by atoms with van der Waals surface area (Å²) in [7, 11) is 0. The van der Waals surface area contributed by atoms with Gasteiger partial charge in [0.15, 0.2) is 0 Å². The van der Waals surface area contributed by atoms with Crippen LogP contribution in [0, 0.1) is 0 Å². The van der Waals surface area contributed by atoms with Crippen LogP contribution >= 0.6 is 15.9 Å². The molecule has 0 bridgehead atoms. The number of benzene rings is 2. The number of imidazole rings is 1. The molecule has 0 aliphatic heterocycles. The van der Waals surface area contributed by atoms with Crippen LogP contribution in [0.25, 0.3) is 27.5 Å². The first-order valence-corrected chi connectivity index (χ1v) is 9.61. The third kappa shape index (κ3) is 1.99. The Balaban J connectivity index is 1.93. The lowest BCUT2D eigenvalue weighted by atomic mass is 9.82. The summed E-state index contributed by atoms with van der Waals surface area (Å²) in [4.78, 5) is 5.02. The Morgan fingerprint density at radius 2 is 1.68 bits per heavy atom. The third-order valence-electron chi connectivity index (χ3n) is 5.86. The fourth-order valence-electron chi connectivity index (χ4n) is 4.95. The number of nitrogens with zero attached hydrogens (tertiary/aromatic N) is 2. The van der Waals surface area contributed by atoms with Crippen LogP contribution in [0.2, 0.25) is 0 Å². The molecule has 2 aromatic heterocycles. The summed E-state index contributed by atoms with van der Waals surface area (Å²) in [5, 5.41) is 2.39. The van der Waals surface area contributed by atoms with Crippen LogP contribution in [-0.4, -0.2) is 9.38 Å². The summed E-state index contributed by atoms with van der Waals surface area (Å²) in [5.41, 5.74) is 6.68. The Morgan fingerprint density at radius 1 is 0.960 bits per heavy atom. The number of hydrogen-bond donors (Lipinski definition) is 0. The van der Waals surface area contributed by atoms with Gasteiger partial charge < -0.3 is 0 Å². The van der Waals surface area contributed by atoms with Gasteiger partial charge in [0.05, 0.1) is 11.0 Å². The van der Waals surface area contributed by atoms with E-state index in [4.69, 9.17) is 4.98 Å². The van der Waals surface area contributed by atoms with Crippen molar-refractivity contribution in [3.63, 3.8) is 0 Å². The summed E-state index contributed by atoms with van der Waals surface area (Å²) < 4.78 is 3.36. The van der Waals surface area contributed by atoms with Crippen molar-refractivity contribution in [2.45, 2.75) is 44.9 Å². The highest BCUT2D eigenvalue weighted by Gasteiger charge is 2.42. The van der Waals surface area contributed by atoms with E-state index in [2.05, 4.69) is 90.6 Å². The molecule has 5 rings (SSSR count). The summed E-state index contributed by atoms with van der Waals surface area (Å²) in [5.74, 6) is 0. The number of halogens is 1. The second-order valence-corrected chi connectivity index (χ2v) is 9.51. The molecule has 0 amide bonds. The molecular weight excluding hydrogens is 372 g/mol. The van der Waals surface area contributed by atoms with Crippen LogP contribution < -0.4 is 0 Å². The van der Waals surface area contributed by atoms with Gasteiger partial charge in [-0.2, -0.15) is 0 Å². The maximum Gasteiger partial charge on any atom is 0.145 e. The summed E-state index contributed by atoms with van der Waals surface area (Å²) in [6.45, 7) is 9.44. The summed E-state index contributed by atoms with van der Waals surface area (Å²) in [6.07, 6.45) is 3.33. The molecule has 1 aliphatic carbocycles. The van der Waals surface area contributed by atoms with Gasteiger partial charge in [-0.3, -0.25) is 4.40 Å². The van der Waals surface area contributed by atoms with E-state index in [-0.39, 0.29) is 10.8 Å². The Hall–Kier alpha value is -1.87. The predicted octanol–water partition coefficient (Wildman–Crippen LogP) is 6.36. The third-order valence-corrected chi connectivity index (χ3v) is 6.55. The molecule has 2 heterocycles. The normalized spacial score (nSPS) is 18.3. The second kappa shape index (κ2) is 4.64. The minimum absolute atomic E-state index is 0.202. The lowest BCUT2D eigenvalue weighted by Gasteiger charge is -2.22. The van der Waals surface area contributed by atoms with Crippen molar-refractivity contribution in [2.24, 2.45) is 0 Å². The molecule has 25 heavy (non-hydrogen) atoms. The Bertz CT molecular complexity index is 1180. The minimum atomic E-state index is 0.202.